The van der Waals surface area contributed by atoms with Crippen molar-refractivity contribution in [2.45, 2.75) is 58.3 Å². The minimum atomic E-state index is -0.767. The number of carboxylic acids is 2. The van der Waals surface area contributed by atoms with Crippen LogP contribution in [-0.2, 0) is 16.0 Å². The van der Waals surface area contributed by atoms with Gasteiger partial charge in [-0.2, -0.15) is 0 Å². The summed E-state index contributed by atoms with van der Waals surface area (Å²) in [6.45, 7) is 3.99. The fourth-order valence-electron chi connectivity index (χ4n) is 2.57. The molecule has 122 valence electrons. The van der Waals surface area contributed by atoms with Crippen LogP contribution in [0.25, 0.3) is 0 Å². The molecule has 2 atom stereocenters. The van der Waals surface area contributed by atoms with Gasteiger partial charge in [0.05, 0.1) is 5.92 Å². The molecule has 0 saturated heterocycles. The molecular formula is C18H26O4. The zero-order valence-corrected chi connectivity index (χ0v) is 13.4. The highest BCUT2D eigenvalue weighted by molar-refractivity contribution is 5.76. The number of carbonyl (C=O) groups is 2. The lowest BCUT2D eigenvalue weighted by molar-refractivity contribution is -0.139. The molecular weight excluding hydrogens is 280 g/mol. The summed E-state index contributed by atoms with van der Waals surface area (Å²) in [5.41, 5.74) is 1.98. The molecule has 1 aromatic rings. The molecule has 0 fully saturated rings. The molecule has 1 aromatic carbocycles. The van der Waals surface area contributed by atoms with Gasteiger partial charge in [0.15, 0.2) is 0 Å². The average Bonchev–Trinajstić information content (AvgIpc) is 2.45. The Morgan fingerprint density at radius 3 is 2.23 bits per heavy atom. The molecule has 0 amide bonds. The highest BCUT2D eigenvalue weighted by Gasteiger charge is 2.18. The first-order valence-corrected chi connectivity index (χ1v) is 7.97. The van der Waals surface area contributed by atoms with E-state index in [1.54, 1.807) is 0 Å². The number of rotatable bonds is 10. The van der Waals surface area contributed by atoms with E-state index in [0.29, 0.717) is 6.42 Å². The molecule has 4 nitrogen and oxygen atoms in total. The maximum atomic E-state index is 11.4. The molecule has 0 aliphatic rings. The second-order valence-electron chi connectivity index (χ2n) is 6.02. The van der Waals surface area contributed by atoms with Crippen LogP contribution >= 0.6 is 0 Å². The molecule has 0 heterocycles. The Bertz CT molecular complexity index is 478. The van der Waals surface area contributed by atoms with Gasteiger partial charge in [-0.15, -0.1) is 0 Å². The van der Waals surface area contributed by atoms with Crippen molar-refractivity contribution < 1.29 is 19.8 Å². The third-order valence-electron chi connectivity index (χ3n) is 3.98. The average molecular weight is 306 g/mol. The summed E-state index contributed by atoms with van der Waals surface area (Å²) in [6.07, 6.45) is 4.40. The number of carboxylic acid groups (broad SMARTS) is 2. The van der Waals surface area contributed by atoms with Crippen LogP contribution in [0.4, 0.5) is 0 Å². The standard InChI is InChI=1S/C18H26O4/c1-3-4-5-16(18(21)22)15-10-8-14(9-11-15)7-6-13(2)12-17(19)20/h8-11,13,16H,3-7,12H2,1-2H3,(H,19,20)(H,21,22). The summed E-state index contributed by atoms with van der Waals surface area (Å²) in [4.78, 5) is 22.0. The van der Waals surface area contributed by atoms with E-state index in [2.05, 4.69) is 6.92 Å². The molecule has 0 radical (unpaired) electrons. The van der Waals surface area contributed by atoms with Gasteiger partial charge in [-0.25, -0.2) is 0 Å². The Hall–Kier alpha value is -1.84. The largest absolute Gasteiger partial charge is 0.481 e. The molecule has 22 heavy (non-hydrogen) atoms. The zero-order chi connectivity index (χ0) is 16.5. The molecule has 1 rings (SSSR count). The monoisotopic (exact) mass is 306 g/mol. The first-order valence-electron chi connectivity index (χ1n) is 7.97. The van der Waals surface area contributed by atoms with E-state index in [1.165, 1.54) is 0 Å². The molecule has 2 unspecified atom stereocenters. The Morgan fingerprint density at radius 1 is 1.09 bits per heavy atom. The van der Waals surface area contributed by atoms with E-state index in [1.807, 2.05) is 31.2 Å². The smallest absolute Gasteiger partial charge is 0.310 e. The van der Waals surface area contributed by atoms with Gasteiger partial charge in [0.1, 0.15) is 0 Å². The van der Waals surface area contributed by atoms with Gasteiger partial charge >= 0.3 is 11.9 Å². The molecule has 0 spiro atoms. The minimum Gasteiger partial charge on any atom is -0.481 e. The van der Waals surface area contributed by atoms with E-state index < -0.39 is 17.9 Å². The van der Waals surface area contributed by atoms with Crippen LogP contribution in [-0.4, -0.2) is 22.2 Å². The molecule has 2 N–H and O–H groups in total. The maximum absolute atomic E-state index is 11.4. The number of hydrogen-bond acceptors (Lipinski definition) is 2. The first kappa shape index (κ1) is 18.2. The van der Waals surface area contributed by atoms with E-state index in [-0.39, 0.29) is 12.3 Å². The van der Waals surface area contributed by atoms with Crippen LogP contribution < -0.4 is 0 Å². The normalized spacial score (nSPS) is 13.5. The van der Waals surface area contributed by atoms with Gasteiger partial charge in [-0.1, -0.05) is 51.0 Å². The van der Waals surface area contributed by atoms with Crippen molar-refractivity contribution in [1.29, 1.82) is 0 Å². The highest BCUT2D eigenvalue weighted by Crippen LogP contribution is 2.23. The Balaban J connectivity index is 2.61. The van der Waals surface area contributed by atoms with Gasteiger partial charge < -0.3 is 10.2 Å². The van der Waals surface area contributed by atoms with Crippen molar-refractivity contribution in [1.82, 2.24) is 0 Å². The Morgan fingerprint density at radius 2 is 1.73 bits per heavy atom. The fourth-order valence-corrected chi connectivity index (χ4v) is 2.57. The Labute approximate surface area is 132 Å². The summed E-state index contributed by atoms with van der Waals surface area (Å²) in [6, 6.07) is 7.71. The Kier molecular flexibility index (Phi) is 7.64. The molecule has 0 aromatic heterocycles. The first-order chi connectivity index (χ1) is 10.4. The topological polar surface area (TPSA) is 74.6 Å². The third kappa shape index (κ3) is 6.29. The van der Waals surface area contributed by atoms with Gasteiger partial charge in [0.2, 0.25) is 0 Å². The van der Waals surface area contributed by atoms with Crippen LogP contribution in [0.5, 0.6) is 0 Å². The van der Waals surface area contributed by atoms with Crippen LogP contribution in [0.3, 0.4) is 0 Å². The van der Waals surface area contributed by atoms with Gasteiger partial charge in [-0.05, 0) is 36.3 Å². The predicted octanol–water partition coefficient (Wildman–Crippen LogP) is 4.09. The van der Waals surface area contributed by atoms with E-state index >= 15 is 0 Å². The third-order valence-corrected chi connectivity index (χ3v) is 3.98. The van der Waals surface area contributed by atoms with Crippen molar-refractivity contribution in [3.05, 3.63) is 35.4 Å². The lowest BCUT2D eigenvalue weighted by Gasteiger charge is -2.13. The van der Waals surface area contributed by atoms with Gasteiger partial charge in [-0.3, -0.25) is 9.59 Å². The number of hydrogen-bond donors (Lipinski definition) is 2. The summed E-state index contributed by atoms with van der Waals surface area (Å²) < 4.78 is 0. The number of aliphatic carboxylic acids is 2. The lowest BCUT2D eigenvalue weighted by Crippen LogP contribution is -2.11. The van der Waals surface area contributed by atoms with Crippen molar-refractivity contribution >= 4 is 11.9 Å². The molecule has 4 heteroatoms. The van der Waals surface area contributed by atoms with Crippen molar-refractivity contribution in [2.24, 2.45) is 5.92 Å². The number of unbranched alkanes of at least 4 members (excludes halogenated alkanes) is 1. The summed E-state index contributed by atoms with van der Waals surface area (Å²) >= 11 is 0. The van der Waals surface area contributed by atoms with Gasteiger partial charge in [0, 0.05) is 6.42 Å². The van der Waals surface area contributed by atoms with E-state index in [4.69, 9.17) is 5.11 Å². The molecule has 0 aliphatic carbocycles. The fraction of sp³-hybridized carbons (Fsp3) is 0.556. The lowest BCUT2D eigenvalue weighted by atomic mass is 9.92. The van der Waals surface area contributed by atoms with Crippen LogP contribution in [0.1, 0.15) is 63.0 Å². The number of benzene rings is 1. The molecule has 0 saturated carbocycles. The second kappa shape index (κ2) is 9.23. The van der Waals surface area contributed by atoms with E-state index in [0.717, 1.165) is 36.8 Å². The SMILES string of the molecule is CCCCC(C(=O)O)c1ccc(CCC(C)CC(=O)O)cc1. The van der Waals surface area contributed by atoms with E-state index in [9.17, 15) is 14.7 Å². The molecule has 0 bridgehead atoms. The van der Waals surface area contributed by atoms with Crippen LogP contribution in [0.15, 0.2) is 24.3 Å². The summed E-state index contributed by atoms with van der Waals surface area (Å²) in [5, 5.41) is 18.1. The van der Waals surface area contributed by atoms with Crippen LogP contribution in [0.2, 0.25) is 0 Å². The molecule has 0 aliphatic heterocycles. The number of aryl methyl sites for hydroxylation is 1. The van der Waals surface area contributed by atoms with Crippen molar-refractivity contribution in [2.75, 3.05) is 0 Å². The van der Waals surface area contributed by atoms with Crippen LogP contribution in [0, 0.1) is 5.92 Å². The predicted molar refractivity (Wildman–Crippen MR) is 86.1 cm³/mol. The highest BCUT2D eigenvalue weighted by atomic mass is 16.4. The minimum absolute atomic E-state index is 0.147. The quantitative estimate of drug-likeness (QED) is 0.682. The van der Waals surface area contributed by atoms with Gasteiger partial charge in [0.25, 0.3) is 0 Å². The zero-order valence-electron chi connectivity index (χ0n) is 13.4. The van der Waals surface area contributed by atoms with Crippen molar-refractivity contribution in [3.8, 4) is 0 Å². The second-order valence-corrected chi connectivity index (χ2v) is 6.02. The summed E-state index contributed by atoms with van der Waals surface area (Å²) in [7, 11) is 0. The van der Waals surface area contributed by atoms with Crippen molar-refractivity contribution in [3.63, 3.8) is 0 Å². The summed E-state index contributed by atoms with van der Waals surface area (Å²) in [5.74, 6) is -1.81. The maximum Gasteiger partial charge on any atom is 0.310 e.